The van der Waals surface area contributed by atoms with Crippen LogP contribution in [0.2, 0.25) is 0 Å². The summed E-state index contributed by atoms with van der Waals surface area (Å²) >= 11 is 3.61. The molecule has 1 saturated heterocycles. The molecule has 1 aliphatic heterocycles. The lowest BCUT2D eigenvalue weighted by atomic mass is 9.96. The molecule has 0 spiro atoms. The third-order valence-electron chi connectivity index (χ3n) is 4.54. The maximum atomic E-state index is 9.03. The summed E-state index contributed by atoms with van der Waals surface area (Å²) in [4.78, 5) is 2.36. The number of aromatic nitrogens is 3. The number of pyridine rings is 1. The highest BCUT2D eigenvalue weighted by molar-refractivity contribution is 9.10. The molecule has 0 amide bonds. The summed E-state index contributed by atoms with van der Waals surface area (Å²) in [5, 5.41) is 17.7. The minimum absolute atomic E-state index is 0.346. The number of hydrogen-bond donors (Lipinski definition) is 0. The molecular weight excluding hydrogens is 366 g/mol. The molecule has 0 aliphatic carbocycles. The van der Waals surface area contributed by atoms with Crippen molar-refractivity contribution >= 4 is 27.3 Å². The molecule has 3 aromatic rings. The van der Waals surface area contributed by atoms with Crippen molar-refractivity contribution in [1.29, 1.82) is 5.26 Å². The molecule has 2 aromatic heterocycles. The van der Waals surface area contributed by atoms with Crippen molar-refractivity contribution in [2.24, 2.45) is 0 Å². The SMILES string of the molecule is N#Cc1ccc(N2CCCC(c3nnc4ccccn34)C2)c(Br)c1. The molecule has 1 fully saturated rings. The molecule has 0 saturated carbocycles. The maximum absolute atomic E-state index is 9.03. The molecule has 5 nitrogen and oxygen atoms in total. The fraction of sp³-hybridized carbons (Fsp3) is 0.278. The fourth-order valence-corrected chi connectivity index (χ4v) is 4.01. The first-order chi connectivity index (χ1) is 11.8. The first-order valence-electron chi connectivity index (χ1n) is 8.00. The molecular formula is C18H16BrN5. The smallest absolute Gasteiger partial charge is 0.160 e. The van der Waals surface area contributed by atoms with Crippen molar-refractivity contribution in [3.8, 4) is 6.07 Å². The van der Waals surface area contributed by atoms with Crippen LogP contribution >= 0.6 is 15.9 Å². The van der Waals surface area contributed by atoms with Gasteiger partial charge in [0.2, 0.25) is 0 Å². The van der Waals surface area contributed by atoms with Gasteiger partial charge in [-0.05, 0) is 59.1 Å². The number of benzene rings is 1. The lowest BCUT2D eigenvalue weighted by molar-refractivity contribution is 0.488. The topological polar surface area (TPSA) is 57.2 Å². The molecule has 1 aliphatic rings. The van der Waals surface area contributed by atoms with Crippen LogP contribution in [0.5, 0.6) is 0 Å². The summed E-state index contributed by atoms with van der Waals surface area (Å²) in [6, 6.07) is 13.9. The van der Waals surface area contributed by atoms with Gasteiger partial charge in [-0.1, -0.05) is 6.07 Å². The highest BCUT2D eigenvalue weighted by Crippen LogP contribution is 2.33. The zero-order valence-electron chi connectivity index (χ0n) is 13.1. The Hall–Kier alpha value is -2.39. The first kappa shape index (κ1) is 15.2. The van der Waals surface area contributed by atoms with Crippen LogP contribution in [0.3, 0.4) is 0 Å². The van der Waals surface area contributed by atoms with Gasteiger partial charge in [-0.25, -0.2) is 0 Å². The molecule has 120 valence electrons. The summed E-state index contributed by atoms with van der Waals surface area (Å²) < 4.78 is 3.05. The van der Waals surface area contributed by atoms with Crippen molar-refractivity contribution < 1.29 is 0 Å². The van der Waals surface area contributed by atoms with E-state index in [9.17, 15) is 0 Å². The van der Waals surface area contributed by atoms with Crippen LogP contribution in [0.4, 0.5) is 5.69 Å². The van der Waals surface area contributed by atoms with Crippen LogP contribution in [0.1, 0.15) is 30.1 Å². The standard InChI is InChI=1S/C18H16BrN5/c19-15-10-13(11-20)6-7-16(15)23-8-3-4-14(12-23)18-22-21-17-5-1-2-9-24(17)18/h1-2,5-7,9-10,14H,3-4,8,12H2. The number of anilines is 1. The van der Waals surface area contributed by atoms with Crippen molar-refractivity contribution in [2.45, 2.75) is 18.8 Å². The monoisotopic (exact) mass is 381 g/mol. The third kappa shape index (κ3) is 2.65. The van der Waals surface area contributed by atoms with E-state index in [1.807, 2.05) is 42.6 Å². The highest BCUT2D eigenvalue weighted by atomic mass is 79.9. The van der Waals surface area contributed by atoms with Crippen molar-refractivity contribution in [3.05, 3.63) is 58.5 Å². The van der Waals surface area contributed by atoms with Crippen LogP contribution in [0.15, 0.2) is 47.1 Å². The van der Waals surface area contributed by atoms with E-state index in [-0.39, 0.29) is 0 Å². The van der Waals surface area contributed by atoms with Crippen molar-refractivity contribution in [1.82, 2.24) is 14.6 Å². The third-order valence-corrected chi connectivity index (χ3v) is 5.18. The Balaban J connectivity index is 1.63. The molecule has 1 unspecified atom stereocenters. The highest BCUT2D eigenvalue weighted by Gasteiger charge is 2.26. The molecule has 6 heteroatoms. The molecule has 24 heavy (non-hydrogen) atoms. The molecule has 1 atom stereocenters. The van der Waals surface area contributed by atoms with Crippen LogP contribution < -0.4 is 4.90 Å². The lowest BCUT2D eigenvalue weighted by Gasteiger charge is -2.34. The molecule has 4 rings (SSSR count). The Morgan fingerprint density at radius 2 is 2.12 bits per heavy atom. The summed E-state index contributed by atoms with van der Waals surface area (Å²) in [6.45, 7) is 1.91. The van der Waals surface area contributed by atoms with E-state index in [1.165, 1.54) is 0 Å². The summed E-state index contributed by atoms with van der Waals surface area (Å²) in [6.07, 6.45) is 4.25. The number of halogens is 1. The predicted molar refractivity (Wildman–Crippen MR) is 96.0 cm³/mol. The first-order valence-corrected chi connectivity index (χ1v) is 8.80. The number of hydrogen-bond acceptors (Lipinski definition) is 4. The van der Waals surface area contributed by atoms with E-state index in [2.05, 4.69) is 41.5 Å². The zero-order chi connectivity index (χ0) is 16.5. The second-order valence-corrected chi connectivity index (χ2v) is 6.90. The number of piperidine rings is 1. The van der Waals surface area contributed by atoms with E-state index in [0.29, 0.717) is 11.5 Å². The Kier molecular flexibility index (Phi) is 3.95. The number of nitriles is 1. The lowest BCUT2D eigenvalue weighted by Crippen LogP contribution is -2.35. The summed E-state index contributed by atoms with van der Waals surface area (Å²) in [7, 11) is 0. The average Bonchev–Trinajstić information content (AvgIpc) is 3.06. The van der Waals surface area contributed by atoms with Gasteiger partial charge in [0.1, 0.15) is 5.82 Å². The van der Waals surface area contributed by atoms with Crippen LogP contribution in [0.25, 0.3) is 5.65 Å². The van der Waals surface area contributed by atoms with Gasteiger partial charge in [-0.15, -0.1) is 10.2 Å². The fourth-order valence-electron chi connectivity index (χ4n) is 3.38. The summed E-state index contributed by atoms with van der Waals surface area (Å²) in [5.74, 6) is 1.37. The zero-order valence-corrected chi connectivity index (χ0v) is 14.6. The van der Waals surface area contributed by atoms with Crippen LogP contribution in [-0.4, -0.2) is 27.7 Å². The van der Waals surface area contributed by atoms with E-state index in [1.54, 1.807) is 0 Å². The Bertz CT molecular complexity index is 927. The number of rotatable bonds is 2. The maximum Gasteiger partial charge on any atom is 0.160 e. The van der Waals surface area contributed by atoms with E-state index in [0.717, 1.165) is 47.6 Å². The quantitative estimate of drug-likeness (QED) is 0.678. The predicted octanol–water partition coefficient (Wildman–Crippen LogP) is 3.75. The largest absolute Gasteiger partial charge is 0.370 e. The Morgan fingerprint density at radius 1 is 1.21 bits per heavy atom. The molecule has 3 heterocycles. The average molecular weight is 382 g/mol. The molecule has 0 radical (unpaired) electrons. The summed E-state index contributed by atoms with van der Waals surface area (Å²) in [5.41, 5.74) is 2.69. The van der Waals surface area contributed by atoms with Gasteiger partial charge < -0.3 is 4.90 Å². The normalized spacial score (nSPS) is 17.8. The van der Waals surface area contributed by atoms with Crippen molar-refractivity contribution in [2.75, 3.05) is 18.0 Å². The van der Waals surface area contributed by atoms with E-state index >= 15 is 0 Å². The molecule has 1 aromatic carbocycles. The van der Waals surface area contributed by atoms with Crippen LogP contribution in [0, 0.1) is 11.3 Å². The molecule has 0 bridgehead atoms. The van der Waals surface area contributed by atoms with E-state index < -0.39 is 0 Å². The van der Waals surface area contributed by atoms with Gasteiger partial charge in [0, 0.05) is 29.7 Å². The van der Waals surface area contributed by atoms with Crippen molar-refractivity contribution in [3.63, 3.8) is 0 Å². The second kappa shape index (κ2) is 6.25. The second-order valence-electron chi connectivity index (χ2n) is 6.05. The van der Waals surface area contributed by atoms with Gasteiger partial charge in [0.25, 0.3) is 0 Å². The van der Waals surface area contributed by atoms with Gasteiger partial charge in [-0.2, -0.15) is 5.26 Å². The minimum atomic E-state index is 0.346. The minimum Gasteiger partial charge on any atom is -0.370 e. The van der Waals surface area contributed by atoms with Gasteiger partial charge >= 0.3 is 0 Å². The number of fused-ring (bicyclic) bond motifs is 1. The van der Waals surface area contributed by atoms with Gasteiger partial charge in [0.15, 0.2) is 5.65 Å². The Labute approximate surface area is 148 Å². The van der Waals surface area contributed by atoms with E-state index in [4.69, 9.17) is 5.26 Å². The number of nitrogens with zero attached hydrogens (tertiary/aromatic N) is 5. The van der Waals surface area contributed by atoms with Gasteiger partial charge in [-0.3, -0.25) is 4.40 Å². The van der Waals surface area contributed by atoms with Crippen LogP contribution in [-0.2, 0) is 0 Å². The van der Waals surface area contributed by atoms with Gasteiger partial charge in [0.05, 0.1) is 17.3 Å². The Morgan fingerprint density at radius 3 is 2.96 bits per heavy atom. The molecule has 0 N–H and O–H groups in total.